The van der Waals surface area contributed by atoms with E-state index >= 15 is 0 Å². The third-order valence-electron chi connectivity index (χ3n) is 14.6. The van der Waals surface area contributed by atoms with Crippen LogP contribution in [-0.4, -0.2) is 140 Å². The Balaban J connectivity index is 1.78. The molecule has 0 aliphatic carbocycles. The predicted octanol–water partition coefficient (Wildman–Crippen LogP) is 10.7. The smallest absolute Gasteiger partial charge is 0.220 e. The summed E-state index contributed by atoms with van der Waals surface area (Å²) in [6.07, 6.45) is 46.5. The molecule has 77 heavy (non-hydrogen) atoms. The molecule has 14 nitrogen and oxygen atoms in total. The fourth-order valence-electron chi connectivity index (χ4n) is 9.71. The molecule has 14 heteroatoms. The summed E-state index contributed by atoms with van der Waals surface area (Å²) in [4.78, 5) is 13.3. The number of unbranched alkanes of at least 4 members (excludes halogenated alkanes) is 25. The minimum Gasteiger partial charge on any atom is -0.394 e. The molecule has 9 N–H and O–H groups in total. The summed E-state index contributed by atoms with van der Waals surface area (Å²) >= 11 is 0. The summed E-state index contributed by atoms with van der Waals surface area (Å²) in [5, 5.41) is 87.1. The first-order valence-corrected chi connectivity index (χ1v) is 30.7. The normalized spacial score (nSPS) is 25.2. The minimum atomic E-state index is -1.79. The van der Waals surface area contributed by atoms with E-state index in [0.717, 1.165) is 70.6 Å². The van der Waals surface area contributed by atoms with E-state index in [1.54, 1.807) is 6.08 Å². The largest absolute Gasteiger partial charge is 0.394 e. The van der Waals surface area contributed by atoms with Crippen LogP contribution in [-0.2, 0) is 23.7 Å². The van der Waals surface area contributed by atoms with Crippen molar-refractivity contribution in [2.45, 2.75) is 299 Å². The van der Waals surface area contributed by atoms with Crippen molar-refractivity contribution in [3.63, 3.8) is 0 Å². The Morgan fingerprint density at radius 2 is 0.909 bits per heavy atom. The van der Waals surface area contributed by atoms with Crippen molar-refractivity contribution < 1.29 is 64.6 Å². The number of allylic oxidation sites excluding steroid dienone is 11. The number of hydrogen-bond donors (Lipinski definition) is 9. The number of aliphatic hydroxyl groups excluding tert-OH is 8. The quantitative estimate of drug-likeness (QED) is 0.0204. The lowest BCUT2D eigenvalue weighted by Gasteiger charge is -2.46. The third kappa shape index (κ3) is 33.7. The van der Waals surface area contributed by atoms with Crippen molar-refractivity contribution in [2.75, 3.05) is 19.8 Å². The predicted molar refractivity (Wildman–Crippen MR) is 309 cm³/mol. The van der Waals surface area contributed by atoms with Gasteiger partial charge in [-0.25, -0.2) is 0 Å². The number of amides is 1. The molecule has 2 aliphatic heterocycles. The molecule has 0 radical (unpaired) electrons. The zero-order valence-corrected chi connectivity index (χ0v) is 47.9. The van der Waals surface area contributed by atoms with Crippen LogP contribution in [0.5, 0.6) is 0 Å². The van der Waals surface area contributed by atoms with E-state index in [-0.39, 0.29) is 18.9 Å². The van der Waals surface area contributed by atoms with Crippen molar-refractivity contribution in [2.24, 2.45) is 0 Å². The Kier molecular flexibility index (Phi) is 44.1. The zero-order chi connectivity index (χ0) is 56.0. The van der Waals surface area contributed by atoms with Crippen molar-refractivity contribution in [3.05, 3.63) is 72.9 Å². The van der Waals surface area contributed by atoms with Crippen LogP contribution in [0.15, 0.2) is 72.9 Å². The molecule has 2 heterocycles. The fraction of sp³-hybridized carbons (Fsp3) is 0.794. The van der Waals surface area contributed by atoms with Crippen molar-refractivity contribution in [1.29, 1.82) is 0 Å². The second-order valence-corrected chi connectivity index (χ2v) is 21.4. The second-order valence-electron chi connectivity index (χ2n) is 21.4. The number of aliphatic hydroxyl groups is 8. The lowest BCUT2D eigenvalue weighted by Crippen LogP contribution is -2.65. The van der Waals surface area contributed by atoms with Crippen LogP contribution in [0.4, 0.5) is 0 Å². The van der Waals surface area contributed by atoms with Crippen molar-refractivity contribution in [3.8, 4) is 0 Å². The highest BCUT2D eigenvalue weighted by molar-refractivity contribution is 5.76. The highest BCUT2D eigenvalue weighted by Gasteiger charge is 2.51. The van der Waals surface area contributed by atoms with Crippen LogP contribution in [0.2, 0.25) is 0 Å². The van der Waals surface area contributed by atoms with Crippen LogP contribution in [0.3, 0.4) is 0 Å². The molecule has 0 saturated carbocycles. The molecule has 0 aromatic rings. The molecule has 1 amide bonds. The number of ether oxygens (including phenoxy) is 4. The molecular weight excluding hydrogens is 979 g/mol. The summed E-state index contributed by atoms with van der Waals surface area (Å²) in [6, 6.07) is -0.940. The number of carbonyl (C=O) groups is 1. The highest BCUT2D eigenvalue weighted by atomic mass is 16.7. The molecule has 0 spiro atoms. The van der Waals surface area contributed by atoms with Gasteiger partial charge in [0.05, 0.1) is 32.0 Å². The van der Waals surface area contributed by atoms with E-state index in [1.165, 1.54) is 122 Å². The van der Waals surface area contributed by atoms with Crippen LogP contribution < -0.4 is 5.32 Å². The first kappa shape index (κ1) is 70.5. The summed E-state index contributed by atoms with van der Waals surface area (Å²) in [5.41, 5.74) is 0. The monoisotopic (exact) mass is 1090 g/mol. The first-order valence-electron chi connectivity index (χ1n) is 30.7. The number of nitrogens with one attached hydrogen (secondary N) is 1. The number of rotatable bonds is 48. The van der Waals surface area contributed by atoms with Crippen LogP contribution in [0.25, 0.3) is 0 Å². The molecule has 0 aromatic heterocycles. The van der Waals surface area contributed by atoms with Crippen LogP contribution in [0, 0.1) is 0 Å². The van der Waals surface area contributed by atoms with Gasteiger partial charge in [0.2, 0.25) is 5.91 Å². The van der Waals surface area contributed by atoms with Gasteiger partial charge in [0, 0.05) is 6.42 Å². The molecule has 446 valence electrons. The molecule has 2 saturated heterocycles. The maximum atomic E-state index is 13.3. The molecule has 12 unspecified atom stereocenters. The number of hydrogen-bond acceptors (Lipinski definition) is 13. The second kappa shape index (κ2) is 48.2. The van der Waals surface area contributed by atoms with E-state index in [0.29, 0.717) is 12.8 Å². The summed E-state index contributed by atoms with van der Waals surface area (Å²) in [5.74, 6) is -0.259. The SMILES string of the molecule is CC/C=C\C/C=C\C/C=C\C/C=C\CCCCCCCCCCC(=O)NC(COC1OC(CO)C(OC2OC(CO)C(O)C(O)C2O)C(O)C1O)C(O)/C=C/CC/C=C/CCCCCCCCCCCCCCCCCC. The molecule has 2 fully saturated rings. The standard InChI is InChI=1S/C63H111NO13/c1-3-5-7-9-11-13-15-17-19-21-23-25-27-28-30-32-34-36-38-40-42-44-46-52(67)51(50-74-62-60(73)58(71)61(54(49-66)76-62)77-63-59(72)57(70)56(69)53(48-65)75-63)64-55(68)47-45-43-41-39-37-35-33-31-29-26-24-22-20-18-16-14-12-10-8-6-4-2/h6,8,12,14,18,20,24,26,36,38,44,46,51-54,56-63,65-67,69-73H,3-5,7,9-11,13,15-17,19,21-23,25,27-35,37,39-43,45,47-50H2,1-2H3,(H,64,68)/b8-6-,14-12-,20-18-,26-24-,38-36+,46-44+. The average molecular weight is 1090 g/mol. The van der Waals surface area contributed by atoms with Crippen LogP contribution in [0.1, 0.15) is 226 Å². The van der Waals surface area contributed by atoms with Gasteiger partial charge < -0.3 is 65.1 Å². The molecule has 12 atom stereocenters. The summed E-state index contributed by atoms with van der Waals surface area (Å²) < 4.78 is 22.8. The zero-order valence-electron chi connectivity index (χ0n) is 47.9. The maximum Gasteiger partial charge on any atom is 0.220 e. The third-order valence-corrected chi connectivity index (χ3v) is 14.6. The molecule has 0 aromatic carbocycles. The van der Waals surface area contributed by atoms with Gasteiger partial charge in [-0.3, -0.25) is 4.79 Å². The highest BCUT2D eigenvalue weighted by Crippen LogP contribution is 2.30. The number of carbonyl (C=O) groups excluding carboxylic acids is 1. The van der Waals surface area contributed by atoms with Gasteiger partial charge >= 0.3 is 0 Å². The van der Waals surface area contributed by atoms with Crippen LogP contribution >= 0.6 is 0 Å². The van der Waals surface area contributed by atoms with E-state index in [9.17, 15) is 45.6 Å². The van der Waals surface area contributed by atoms with E-state index in [2.05, 4.69) is 79.9 Å². The van der Waals surface area contributed by atoms with Gasteiger partial charge in [-0.15, -0.1) is 0 Å². The van der Waals surface area contributed by atoms with E-state index in [4.69, 9.17) is 18.9 Å². The van der Waals surface area contributed by atoms with Gasteiger partial charge in [-0.2, -0.15) is 0 Å². The maximum absolute atomic E-state index is 13.3. The molecule has 2 aliphatic rings. The van der Waals surface area contributed by atoms with E-state index in [1.807, 2.05) is 6.08 Å². The van der Waals surface area contributed by atoms with E-state index < -0.39 is 86.8 Å². The average Bonchev–Trinajstić information content (AvgIpc) is 3.44. The topological polar surface area (TPSA) is 228 Å². The Hall–Kier alpha value is -2.57. The fourth-order valence-corrected chi connectivity index (χ4v) is 9.71. The summed E-state index contributed by atoms with van der Waals surface area (Å²) in [7, 11) is 0. The van der Waals surface area contributed by atoms with Crippen molar-refractivity contribution in [1.82, 2.24) is 5.32 Å². The Morgan fingerprint density at radius 3 is 1.43 bits per heavy atom. The molecule has 0 bridgehead atoms. The van der Waals surface area contributed by atoms with Gasteiger partial charge in [-0.1, -0.05) is 222 Å². The lowest BCUT2D eigenvalue weighted by atomic mass is 9.97. The molecular formula is C63H111NO13. The van der Waals surface area contributed by atoms with Gasteiger partial charge in [0.15, 0.2) is 12.6 Å². The minimum absolute atomic E-state index is 0.259. The van der Waals surface area contributed by atoms with Crippen molar-refractivity contribution >= 4 is 5.91 Å². The first-order chi connectivity index (χ1) is 37.6. The summed E-state index contributed by atoms with van der Waals surface area (Å²) in [6.45, 7) is 2.67. The lowest BCUT2D eigenvalue weighted by molar-refractivity contribution is -0.359. The Labute approximate surface area is 466 Å². The Bertz CT molecular complexity index is 1570. The van der Waals surface area contributed by atoms with Gasteiger partial charge in [-0.05, 0) is 70.6 Å². The molecule has 2 rings (SSSR count). The van der Waals surface area contributed by atoms with Gasteiger partial charge in [0.1, 0.15) is 48.8 Å². The van der Waals surface area contributed by atoms with Gasteiger partial charge in [0.25, 0.3) is 0 Å². The Morgan fingerprint density at radius 1 is 0.481 bits per heavy atom.